The Balaban J connectivity index is 1.30. The van der Waals surface area contributed by atoms with Gasteiger partial charge in [-0.15, -0.1) is 0 Å². The van der Waals surface area contributed by atoms with Crippen molar-refractivity contribution in [2.24, 2.45) is 0 Å². The molecule has 0 radical (unpaired) electrons. The standard InChI is InChI=1S/C26H33NO6/c28-21(19-32-24-11-3-2-10-23(24)27-13-4-1-5-14-27)18-31-22-9-6-8-20(16-22)17-26(25(29)30)12-7-15-33-26/h2-3,6,8-11,16,21,28H,1,4-5,7,12-15,17-19H2,(H,29,30). The summed E-state index contributed by atoms with van der Waals surface area (Å²) < 4.78 is 17.3. The van der Waals surface area contributed by atoms with Gasteiger partial charge < -0.3 is 29.3 Å². The Morgan fingerprint density at radius 2 is 1.82 bits per heavy atom. The lowest BCUT2D eigenvalue weighted by Gasteiger charge is -2.30. The van der Waals surface area contributed by atoms with E-state index in [9.17, 15) is 15.0 Å². The van der Waals surface area contributed by atoms with Gasteiger partial charge >= 0.3 is 5.97 Å². The highest BCUT2D eigenvalue weighted by atomic mass is 16.5. The fourth-order valence-corrected chi connectivity index (χ4v) is 4.56. The van der Waals surface area contributed by atoms with E-state index in [0.717, 1.165) is 36.5 Å². The van der Waals surface area contributed by atoms with E-state index >= 15 is 0 Å². The summed E-state index contributed by atoms with van der Waals surface area (Å²) in [6, 6.07) is 15.3. The molecule has 0 spiro atoms. The van der Waals surface area contributed by atoms with Gasteiger partial charge in [-0.3, -0.25) is 0 Å². The van der Waals surface area contributed by atoms with Crippen molar-refractivity contribution < 1.29 is 29.2 Å². The zero-order chi connectivity index (χ0) is 23.1. The van der Waals surface area contributed by atoms with Crippen molar-refractivity contribution in [3.63, 3.8) is 0 Å². The summed E-state index contributed by atoms with van der Waals surface area (Å²) in [5, 5.41) is 20.0. The minimum atomic E-state index is -1.16. The average Bonchev–Trinajstić information content (AvgIpc) is 3.32. The normalized spacial score (nSPS) is 21.5. The van der Waals surface area contributed by atoms with Crippen molar-refractivity contribution in [3.8, 4) is 11.5 Å². The molecular weight excluding hydrogens is 422 g/mol. The Morgan fingerprint density at radius 3 is 2.58 bits per heavy atom. The van der Waals surface area contributed by atoms with Crippen LogP contribution in [0.4, 0.5) is 5.69 Å². The molecule has 33 heavy (non-hydrogen) atoms. The third-order valence-electron chi connectivity index (χ3n) is 6.32. The van der Waals surface area contributed by atoms with E-state index in [1.165, 1.54) is 19.3 Å². The second kappa shape index (κ2) is 10.9. The topological polar surface area (TPSA) is 88.5 Å². The first-order valence-corrected chi connectivity index (χ1v) is 11.8. The summed E-state index contributed by atoms with van der Waals surface area (Å²) in [5.41, 5.74) is 0.741. The first kappa shape index (κ1) is 23.4. The molecule has 2 aliphatic heterocycles. The van der Waals surface area contributed by atoms with Crippen molar-refractivity contribution in [1.29, 1.82) is 0 Å². The fraction of sp³-hybridized carbons (Fsp3) is 0.500. The predicted octanol–water partition coefficient (Wildman–Crippen LogP) is 3.67. The van der Waals surface area contributed by atoms with Gasteiger partial charge in [-0.2, -0.15) is 0 Å². The van der Waals surface area contributed by atoms with Crippen LogP contribution in [0.3, 0.4) is 0 Å². The molecule has 2 atom stereocenters. The Labute approximate surface area is 194 Å². The van der Waals surface area contributed by atoms with Crippen LogP contribution in [0, 0.1) is 0 Å². The molecule has 2 unspecified atom stereocenters. The highest BCUT2D eigenvalue weighted by molar-refractivity contribution is 5.78. The number of anilines is 1. The smallest absolute Gasteiger partial charge is 0.336 e. The molecule has 0 aliphatic carbocycles. The molecule has 2 heterocycles. The summed E-state index contributed by atoms with van der Waals surface area (Å²) >= 11 is 0. The second-order valence-electron chi connectivity index (χ2n) is 8.87. The zero-order valence-electron chi connectivity index (χ0n) is 18.9. The third kappa shape index (κ3) is 5.97. The molecular formula is C26H33NO6. The summed E-state index contributed by atoms with van der Waals surface area (Å²) in [7, 11) is 0. The predicted molar refractivity (Wildman–Crippen MR) is 125 cm³/mol. The van der Waals surface area contributed by atoms with Gasteiger partial charge in [0.1, 0.15) is 30.8 Å². The van der Waals surface area contributed by atoms with Gasteiger partial charge in [0.05, 0.1) is 5.69 Å². The Bertz CT molecular complexity index is 921. The van der Waals surface area contributed by atoms with Gasteiger partial charge in [-0.25, -0.2) is 4.79 Å². The van der Waals surface area contributed by atoms with Gasteiger partial charge in [0.25, 0.3) is 0 Å². The van der Waals surface area contributed by atoms with Gasteiger partial charge in [-0.1, -0.05) is 24.3 Å². The summed E-state index contributed by atoms with van der Waals surface area (Å²) in [6.07, 6.45) is 4.37. The Kier molecular flexibility index (Phi) is 7.73. The number of ether oxygens (including phenoxy) is 3. The van der Waals surface area contributed by atoms with Crippen LogP contribution in [0.15, 0.2) is 48.5 Å². The van der Waals surface area contributed by atoms with Crippen molar-refractivity contribution in [3.05, 3.63) is 54.1 Å². The first-order valence-electron chi connectivity index (χ1n) is 11.8. The number of aliphatic hydroxyl groups is 1. The molecule has 4 rings (SSSR count). The van der Waals surface area contributed by atoms with Crippen LogP contribution in [0.5, 0.6) is 11.5 Å². The average molecular weight is 456 g/mol. The van der Waals surface area contributed by atoms with Crippen LogP contribution in [0.1, 0.15) is 37.7 Å². The number of benzene rings is 2. The van der Waals surface area contributed by atoms with E-state index in [2.05, 4.69) is 11.0 Å². The van der Waals surface area contributed by atoms with E-state index in [0.29, 0.717) is 25.2 Å². The lowest BCUT2D eigenvalue weighted by Crippen LogP contribution is -2.40. The van der Waals surface area contributed by atoms with Gasteiger partial charge in [0, 0.05) is 26.1 Å². The number of aliphatic carboxylic acids is 1. The van der Waals surface area contributed by atoms with Crippen molar-refractivity contribution in [2.45, 2.75) is 50.2 Å². The Morgan fingerprint density at radius 1 is 1.03 bits per heavy atom. The highest BCUT2D eigenvalue weighted by Gasteiger charge is 2.42. The monoisotopic (exact) mass is 455 g/mol. The number of rotatable bonds is 10. The number of carboxylic acid groups (broad SMARTS) is 1. The largest absolute Gasteiger partial charge is 0.491 e. The van der Waals surface area contributed by atoms with E-state index in [4.69, 9.17) is 14.2 Å². The lowest BCUT2D eigenvalue weighted by molar-refractivity contribution is -0.159. The minimum Gasteiger partial charge on any atom is -0.491 e. The van der Waals surface area contributed by atoms with Crippen LogP contribution in [-0.4, -0.2) is 60.8 Å². The molecule has 7 heteroatoms. The number of carboxylic acids is 1. The summed E-state index contributed by atoms with van der Waals surface area (Å²) in [5.74, 6) is 0.429. The minimum absolute atomic E-state index is 0.0793. The quantitative estimate of drug-likeness (QED) is 0.565. The molecule has 2 aromatic rings. The molecule has 2 N–H and O–H groups in total. The number of aliphatic hydroxyl groups excluding tert-OH is 1. The number of hydrogen-bond donors (Lipinski definition) is 2. The van der Waals surface area contributed by atoms with Crippen LogP contribution in [0.25, 0.3) is 0 Å². The maximum absolute atomic E-state index is 11.7. The fourth-order valence-electron chi connectivity index (χ4n) is 4.56. The highest BCUT2D eigenvalue weighted by Crippen LogP contribution is 2.32. The van der Waals surface area contributed by atoms with Crippen LogP contribution in [-0.2, 0) is 16.0 Å². The van der Waals surface area contributed by atoms with Crippen LogP contribution >= 0.6 is 0 Å². The Hall–Kier alpha value is -2.77. The first-order chi connectivity index (χ1) is 16.1. The maximum Gasteiger partial charge on any atom is 0.336 e. The third-order valence-corrected chi connectivity index (χ3v) is 6.32. The van der Waals surface area contributed by atoms with Crippen LogP contribution in [0.2, 0.25) is 0 Å². The molecule has 0 saturated carbocycles. The summed E-state index contributed by atoms with van der Waals surface area (Å²) in [4.78, 5) is 14.1. The number of hydrogen-bond acceptors (Lipinski definition) is 6. The molecule has 2 aliphatic rings. The number of para-hydroxylation sites is 2. The van der Waals surface area contributed by atoms with E-state index in [1.54, 1.807) is 6.07 Å². The molecule has 7 nitrogen and oxygen atoms in total. The SMILES string of the molecule is O=C(O)C1(Cc2cccc(OCC(O)COc3ccccc3N3CCCCC3)c2)CCCO1. The summed E-state index contributed by atoms with van der Waals surface area (Å²) in [6.45, 7) is 2.72. The van der Waals surface area contributed by atoms with Gasteiger partial charge in [0.2, 0.25) is 0 Å². The molecule has 0 amide bonds. The van der Waals surface area contributed by atoms with Crippen molar-refractivity contribution >= 4 is 11.7 Å². The van der Waals surface area contributed by atoms with E-state index in [1.807, 2.05) is 36.4 Å². The van der Waals surface area contributed by atoms with Gasteiger partial charge in [0.15, 0.2) is 5.60 Å². The van der Waals surface area contributed by atoms with Crippen molar-refractivity contribution in [2.75, 3.05) is 37.8 Å². The van der Waals surface area contributed by atoms with Gasteiger partial charge in [-0.05, 0) is 61.9 Å². The van der Waals surface area contributed by atoms with E-state index < -0.39 is 17.7 Å². The van der Waals surface area contributed by atoms with Crippen LogP contribution < -0.4 is 14.4 Å². The molecule has 0 bridgehead atoms. The molecule has 2 aromatic carbocycles. The van der Waals surface area contributed by atoms with Crippen molar-refractivity contribution in [1.82, 2.24) is 0 Å². The van der Waals surface area contributed by atoms with E-state index in [-0.39, 0.29) is 13.2 Å². The maximum atomic E-state index is 11.7. The zero-order valence-corrected chi connectivity index (χ0v) is 18.9. The number of nitrogens with zero attached hydrogens (tertiary/aromatic N) is 1. The second-order valence-corrected chi connectivity index (χ2v) is 8.87. The lowest BCUT2D eigenvalue weighted by atomic mass is 9.91. The number of carbonyl (C=O) groups is 1. The molecule has 178 valence electrons. The number of piperidine rings is 1. The molecule has 0 aromatic heterocycles. The molecule has 2 fully saturated rings. The molecule has 2 saturated heterocycles.